The number of anilines is 1. The second-order valence-electron chi connectivity index (χ2n) is 6.18. The molecular weight excluding hydrogens is 354 g/mol. The van der Waals surface area contributed by atoms with E-state index in [9.17, 15) is 9.59 Å². The molecule has 1 aromatic heterocycles. The van der Waals surface area contributed by atoms with Gasteiger partial charge in [0.2, 0.25) is 5.91 Å². The number of carbonyl (C=O) groups is 2. The lowest BCUT2D eigenvalue weighted by atomic mass is 10.2. The van der Waals surface area contributed by atoms with Gasteiger partial charge in [-0.3, -0.25) is 9.48 Å². The maximum atomic E-state index is 12.5. The van der Waals surface area contributed by atoms with Crippen LogP contribution < -0.4 is 10.2 Å². The topological polar surface area (TPSA) is 70.5 Å². The molecule has 0 saturated carbocycles. The molecule has 26 heavy (non-hydrogen) atoms. The molecule has 138 valence electrons. The number of nitrogens with one attached hydrogen (secondary N) is 1. The Hall–Kier alpha value is -2.54. The molecule has 1 N–H and O–H groups in total. The third-order valence-electron chi connectivity index (χ3n) is 4.42. The summed E-state index contributed by atoms with van der Waals surface area (Å²) in [7, 11) is 0. The Balaban J connectivity index is 1.55. The number of nitrogens with zero attached hydrogens (tertiary/aromatic N) is 4. The van der Waals surface area contributed by atoms with E-state index in [1.165, 1.54) is 0 Å². The van der Waals surface area contributed by atoms with Crippen LogP contribution in [0.25, 0.3) is 0 Å². The fourth-order valence-corrected chi connectivity index (χ4v) is 3.13. The van der Waals surface area contributed by atoms with Gasteiger partial charge in [-0.15, -0.1) is 0 Å². The van der Waals surface area contributed by atoms with Crippen LogP contribution in [0.3, 0.4) is 0 Å². The van der Waals surface area contributed by atoms with Gasteiger partial charge in [0.15, 0.2) is 0 Å². The number of carbonyl (C=O) groups excluding carboxylic acids is 2. The Morgan fingerprint density at radius 3 is 2.81 bits per heavy atom. The molecular formula is C18H22ClN5O2. The fraction of sp³-hybridized carbons (Fsp3) is 0.389. The van der Waals surface area contributed by atoms with Crippen molar-refractivity contribution in [1.29, 1.82) is 0 Å². The van der Waals surface area contributed by atoms with Crippen LogP contribution in [0.5, 0.6) is 0 Å². The van der Waals surface area contributed by atoms with Crippen LogP contribution in [0, 0.1) is 0 Å². The van der Waals surface area contributed by atoms with Crippen molar-refractivity contribution in [2.45, 2.75) is 25.9 Å². The summed E-state index contributed by atoms with van der Waals surface area (Å²) in [6.45, 7) is 4.18. The normalized spacial score (nSPS) is 16.8. The Bertz CT molecular complexity index is 747. The van der Waals surface area contributed by atoms with Crippen LogP contribution in [0.15, 0.2) is 42.7 Å². The van der Waals surface area contributed by atoms with E-state index in [2.05, 4.69) is 10.4 Å². The lowest BCUT2D eigenvalue weighted by Gasteiger charge is -2.24. The largest absolute Gasteiger partial charge is 0.333 e. The zero-order chi connectivity index (χ0) is 18.5. The fourth-order valence-electron chi connectivity index (χ4n) is 3.00. The summed E-state index contributed by atoms with van der Waals surface area (Å²) in [5.41, 5.74) is 0.794. The molecule has 0 bridgehead atoms. The van der Waals surface area contributed by atoms with Crippen LogP contribution in [-0.4, -0.2) is 52.3 Å². The van der Waals surface area contributed by atoms with E-state index in [1.807, 2.05) is 31.3 Å². The zero-order valence-corrected chi connectivity index (χ0v) is 15.4. The average molecular weight is 376 g/mol. The highest BCUT2D eigenvalue weighted by Gasteiger charge is 2.32. The second-order valence-corrected chi connectivity index (χ2v) is 6.62. The number of likely N-dealkylation sites (N-methyl/N-ethyl adjacent to an activating group) is 1. The molecule has 1 saturated heterocycles. The van der Waals surface area contributed by atoms with Gasteiger partial charge in [-0.1, -0.05) is 11.6 Å². The first-order chi connectivity index (χ1) is 12.6. The first-order valence-electron chi connectivity index (χ1n) is 8.65. The van der Waals surface area contributed by atoms with E-state index in [1.54, 1.807) is 32.8 Å². The molecule has 2 aromatic rings. The first-order valence-corrected chi connectivity index (χ1v) is 9.03. The monoisotopic (exact) mass is 375 g/mol. The van der Waals surface area contributed by atoms with Crippen molar-refractivity contribution >= 4 is 29.2 Å². The van der Waals surface area contributed by atoms with Crippen LogP contribution >= 0.6 is 11.6 Å². The maximum Gasteiger partial charge on any atom is 0.317 e. The summed E-state index contributed by atoms with van der Waals surface area (Å²) < 4.78 is 1.79. The smallest absolute Gasteiger partial charge is 0.317 e. The predicted molar refractivity (Wildman–Crippen MR) is 100 cm³/mol. The molecule has 1 fully saturated rings. The van der Waals surface area contributed by atoms with Gasteiger partial charge in [0.05, 0.1) is 12.6 Å². The molecule has 2 heterocycles. The minimum absolute atomic E-state index is 0.00258. The highest BCUT2D eigenvalue weighted by Crippen LogP contribution is 2.23. The molecule has 1 aliphatic heterocycles. The number of aromatic nitrogens is 2. The second kappa shape index (κ2) is 8.23. The quantitative estimate of drug-likeness (QED) is 0.842. The third-order valence-corrected chi connectivity index (χ3v) is 4.67. The molecule has 1 atom stereocenters. The van der Waals surface area contributed by atoms with Gasteiger partial charge in [-0.2, -0.15) is 5.10 Å². The minimum Gasteiger partial charge on any atom is -0.333 e. The van der Waals surface area contributed by atoms with E-state index in [0.717, 1.165) is 5.69 Å². The van der Waals surface area contributed by atoms with Crippen molar-refractivity contribution in [2.24, 2.45) is 0 Å². The maximum absolute atomic E-state index is 12.5. The van der Waals surface area contributed by atoms with E-state index in [4.69, 9.17) is 11.6 Å². The van der Waals surface area contributed by atoms with Gasteiger partial charge in [0, 0.05) is 49.2 Å². The van der Waals surface area contributed by atoms with Crippen LogP contribution in [0.2, 0.25) is 5.02 Å². The number of rotatable bonds is 6. The standard InChI is InChI=1S/C18H22ClN5O2/c1-2-22(10-11-23-9-3-8-20-23)18(26)21-15-12-17(25)24(13-15)16-6-4-14(19)5-7-16/h3-9,15H,2,10-13H2,1H3,(H,21,26)/t15-/m0/s1. The molecule has 1 aliphatic rings. The van der Waals surface area contributed by atoms with Crippen molar-refractivity contribution in [3.63, 3.8) is 0 Å². The highest BCUT2D eigenvalue weighted by atomic mass is 35.5. The number of benzene rings is 1. The lowest BCUT2D eigenvalue weighted by molar-refractivity contribution is -0.117. The summed E-state index contributed by atoms with van der Waals surface area (Å²) in [5, 5.41) is 7.74. The van der Waals surface area contributed by atoms with E-state index < -0.39 is 0 Å². The average Bonchev–Trinajstić information content (AvgIpc) is 3.26. The number of hydrogen-bond acceptors (Lipinski definition) is 3. The van der Waals surface area contributed by atoms with Crippen molar-refractivity contribution < 1.29 is 9.59 Å². The third kappa shape index (κ3) is 4.35. The number of hydrogen-bond donors (Lipinski definition) is 1. The Morgan fingerprint density at radius 2 is 2.15 bits per heavy atom. The van der Waals surface area contributed by atoms with Crippen molar-refractivity contribution in [1.82, 2.24) is 20.0 Å². The predicted octanol–water partition coefficient (Wildman–Crippen LogP) is 2.37. The van der Waals surface area contributed by atoms with Crippen LogP contribution in [0.1, 0.15) is 13.3 Å². The van der Waals surface area contributed by atoms with Gasteiger partial charge in [-0.05, 0) is 37.3 Å². The molecule has 3 amide bonds. The zero-order valence-electron chi connectivity index (χ0n) is 14.6. The summed E-state index contributed by atoms with van der Waals surface area (Å²) in [6.07, 6.45) is 3.88. The number of urea groups is 1. The van der Waals surface area contributed by atoms with Gasteiger partial charge < -0.3 is 15.1 Å². The number of amides is 3. The van der Waals surface area contributed by atoms with Gasteiger partial charge in [0.1, 0.15) is 0 Å². The molecule has 0 aliphatic carbocycles. The van der Waals surface area contributed by atoms with Gasteiger partial charge in [-0.25, -0.2) is 4.79 Å². The molecule has 1 aromatic carbocycles. The van der Waals surface area contributed by atoms with Crippen molar-refractivity contribution in [3.8, 4) is 0 Å². The molecule has 7 nitrogen and oxygen atoms in total. The SMILES string of the molecule is CCN(CCn1cccn1)C(=O)N[C@H]1CC(=O)N(c2ccc(Cl)cc2)C1. The van der Waals surface area contributed by atoms with Gasteiger partial charge >= 0.3 is 6.03 Å². The van der Waals surface area contributed by atoms with Crippen molar-refractivity contribution in [2.75, 3.05) is 24.5 Å². The van der Waals surface area contributed by atoms with E-state index in [0.29, 0.717) is 37.6 Å². The van der Waals surface area contributed by atoms with E-state index in [-0.39, 0.29) is 18.0 Å². The first kappa shape index (κ1) is 18.3. The Labute approximate surface area is 157 Å². The van der Waals surface area contributed by atoms with Gasteiger partial charge in [0.25, 0.3) is 0 Å². The summed E-state index contributed by atoms with van der Waals surface area (Å²) in [6, 6.07) is 8.62. The molecule has 3 rings (SSSR count). The van der Waals surface area contributed by atoms with E-state index >= 15 is 0 Å². The molecule has 0 unspecified atom stereocenters. The highest BCUT2D eigenvalue weighted by molar-refractivity contribution is 6.30. The Morgan fingerprint density at radius 1 is 1.38 bits per heavy atom. The number of halogens is 1. The van der Waals surface area contributed by atoms with Crippen LogP contribution in [0.4, 0.5) is 10.5 Å². The summed E-state index contributed by atoms with van der Waals surface area (Å²) in [4.78, 5) is 28.2. The molecule has 0 spiro atoms. The summed E-state index contributed by atoms with van der Waals surface area (Å²) >= 11 is 5.90. The lowest BCUT2D eigenvalue weighted by Crippen LogP contribution is -2.46. The summed E-state index contributed by atoms with van der Waals surface area (Å²) in [5.74, 6) is -0.00258. The minimum atomic E-state index is -0.204. The Kier molecular flexibility index (Phi) is 5.78. The molecule has 8 heteroatoms. The van der Waals surface area contributed by atoms with Crippen LogP contribution in [-0.2, 0) is 11.3 Å². The van der Waals surface area contributed by atoms with Crippen molar-refractivity contribution in [3.05, 3.63) is 47.7 Å². The molecule has 0 radical (unpaired) electrons.